The van der Waals surface area contributed by atoms with Crippen molar-refractivity contribution in [2.45, 2.75) is 20.3 Å². The van der Waals surface area contributed by atoms with Gasteiger partial charge in [-0.15, -0.1) is 0 Å². The summed E-state index contributed by atoms with van der Waals surface area (Å²) in [6.07, 6.45) is 9.17. The second-order valence-corrected chi connectivity index (χ2v) is 7.29. The van der Waals surface area contributed by atoms with Crippen molar-refractivity contribution in [3.8, 4) is 28.0 Å². The molecule has 3 heterocycles. The minimum Gasteiger partial charge on any atom is -0.492 e. The zero-order valence-corrected chi connectivity index (χ0v) is 16.1. The van der Waals surface area contributed by atoms with E-state index in [1.807, 2.05) is 19.3 Å². The van der Waals surface area contributed by atoms with Gasteiger partial charge in [-0.05, 0) is 42.2 Å². The lowest BCUT2D eigenvalue weighted by molar-refractivity contribution is 0.358. The quantitative estimate of drug-likeness (QED) is 0.437. The number of H-pyrrole nitrogens is 1. The van der Waals surface area contributed by atoms with Crippen molar-refractivity contribution in [3.63, 3.8) is 0 Å². The zero-order chi connectivity index (χ0) is 19.1. The normalized spacial score (nSPS) is 13.2. The average molecular weight is 370 g/mol. The van der Waals surface area contributed by atoms with Crippen LogP contribution in [0.3, 0.4) is 0 Å². The van der Waals surface area contributed by atoms with Crippen LogP contribution in [0, 0.1) is 6.92 Å². The van der Waals surface area contributed by atoms with Gasteiger partial charge in [-0.3, -0.25) is 0 Å². The van der Waals surface area contributed by atoms with Crippen LogP contribution in [0.1, 0.15) is 26.5 Å². The van der Waals surface area contributed by atoms with Gasteiger partial charge in [0.2, 0.25) is 0 Å². The van der Waals surface area contributed by atoms with E-state index in [9.17, 15) is 0 Å². The van der Waals surface area contributed by atoms with Gasteiger partial charge in [-0.25, -0.2) is 4.98 Å². The van der Waals surface area contributed by atoms with Gasteiger partial charge in [0.05, 0.1) is 6.61 Å². The Hall–Kier alpha value is -3.33. The maximum absolute atomic E-state index is 5.93. The molecular formula is C25H26N2O. The molecule has 0 aliphatic carbocycles. The van der Waals surface area contributed by atoms with Crippen LogP contribution in [0.25, 0.3) is 39.4 Å². The molecule has 0 saturated heterocycles. The summed E-state index contributed by atoms with van der Waals surface area (Å²) in [5.41, 5.74) is 9.28. The number of nitrogens with one attached hydrogen (secondary N) is 1. The number of aryl methyl sites for hydroxylation is 1. The molecule has 2 aromatic carbocycles. The molecule has 2 aromatic heterocycles. The van der Waals surface area contributed by atoms with Gasteiger partial charge in [-0.2, -0.15) is 0 Å². The molecule has 0 saturated carbocycles. The van der Waals surface area contributed by atoms with Crippen molar-refractivity contribution < 1.29 is 7.59 Å². The number of pyridine rings is 1. The highest BCUT2D eigenvalue weighted by atomic mass is 16.5. The molecule has 1 aliphatic rings. The lowest BCUT2D eigenvalue weighted by Gasteiger charge is -2.09. The minimum absolute atomic E-state index is 0. The highest BCUT2D eigenvalue weighted by Crippen LogP contribution is 2.40. The maximum Gasteiger partial charge on any atom is 0.137 e. The third kappa shape index (κ3) is 2.71. The molecule has 28 heavy (non-hydrogen) atoms. The number of allylic oxidation sites excluding steroid dienone is 1. The highest BCUT2D eigenvalue weighted by Gasteiger charge is 2.19. The van der Waals surface area contributed by atoms with Gasteiger partial charge in [0.15, 0.2) is 0 Å². The van der Waals surface area contributed by atoms with Crippen LogP contribution in [0.2, 0.25) is 0 Å². The lowest BCUT2D eigenvalue weighted by atomic mass is 9.98. The Balaban J connectivity index is 0.00000128. The number of ether oxygens (including phenoxy) is 1. The van der Waals surface area contributed by atoms with Crippen LogP contribution in [-0.2, 0) is 6.42 Å². The molecule has 0 unspecified atom stereocenters. The van der Waals surface area contributed by atoms with Gasteiger partial charge in [0, 0.05) is 43.7 Å². The maximum atomic E-state index is 5.93. The molecule has 3 nitrogen and oxygen atoms in total. The smallest absolute Gasteiger partial charge is 0.137 e. The van der Waals surface area contributed by atoms with E-state index in [0.717, 1.165) is 46.5 Å². The number of hydrogen-bond acceptors (Lipinski definition) is 2. The third-order valence-electron chi connectivity index (χ3n) is 5.48. The molecule has 0 bridgehead atoms. The van der Waals surface area contributed by atoms with Gasteiger partial charge in [0.1, 0.15) is 11.4 Å². The predicted octanol–water partition coefficient (Wildman–Crippen LogP) is 6.67. The van der Waals surface area contributed by atoms with E-state index in [4.69, 9.17) is 4.74 Å². The van der Waals surface area contributed by atoms with Crippen molar-refractivity contribution in [2.24, 2.45) is 0 Å². The first kappa shape index (κ1) is 16.8. The monoisotopic (exact) mass is 370 g/mol. The van der Waals surface area contributed by atoms with Crippen molar-refractivity contribution in [3.05, 3.63) is 77.6 Å². The van der Waals surface area contributed by atoms with Crippen LogP contribution >= 0.6 is 0 Å². The molecule has 142 valence electrons. The number of hydrogen-bond donors (Lipinski definition) is 1. The lowest BCUT2D eigenvalue weighted by Crippen LogP contribution is -1.89. The van der Waals surface area contributed by atoms with E-state index >= 15 is 0 Å². The van der Waals surface area contributed by atoms with E-state index in [2.05, 4.69) is 71.5 Å². The number of benzene rings is 2. The number of nitrogens with zero attached hydrogens (tertiary/aromatic N) is 1. The Bertz CT molecular complexity index is 1230. The number of fused-ring (bicyclic) bond motifs is 2. The molecule has 1 aliphatic heterocycles. The minimum atomic E-state index is 0. The summed E-state index contributed by atoms with van der Waals surface area (Å²) in [4.78, 5) is 7.99. The fraction of sp³-hybridized carbons (Fsp3) is 0.160. The third-order valence-corrected chi connectivity index (χ3v) is 5.48. The summed E-state index contributed by atoms with van der Waals surface area (Å²) in [5.74, 6) is 1.01. The van der Waals surface area contributed by atoms with Gasteiger partial charge in [0.25, 0.3) is 0 Å². The summed E-state index contributed by atoms with van der Waals surface area (Å²) < 4.78 is 5.93. The molecular weight excluding hydrogens is 344 g/mol. The Kier molecular flexibility index (Phi) is 4.01. The van der Waals surface area contributed by atoms with Crippen LogP contribution in [0.15, 0.2) is 60.9 Å². The fourth-order valence-electron chi connectivity index (χ4n) is 4.03. The summed E-state index contributed by atoms with van der Waals surface area (Å²) in [5, 5.41) is 1.12. The highest BCUT2D eigenvalue weighted by molar-refractivity contribution is 5.97. The van der Waals surface area contributed by atoms with Crippen molar-refractivity contribution >= 4 is 17.1 Å². The number of rotatable bonds is 3. The van der Waals surface area contributed by atoms with Crippen LogP contribution in [0.5, 0.6) is 5.75 Å². The first-order chi connectivity index (χ1) is 13.7. The molecule has 4 aromatic rings. The second kappa shape index (κ2) is 6.68. The SMILES string of the molecule is C/C=C\c1ccc(-c2cnc3[nH]cc(-c4cccc5c4OCC5)c3c2)cc1C.[HH].[HH]. The fourth-order valence-corrected chi connectivity index (χ4v) is 4.03. The second-order valence-electron chi connectivity index (χ2n) is 7.29. The van der Waals surface area contributed by atoms with E-state index in [0.29, 0.717) is 0 Å². The Morgan fingerprint density at radius 1 is 1.11 bits per heavy atom. The summed E-state index contributed by atoms with van der Waals surface area (Å²) in [6, 6.07) is 15.2. The van der Waals surface area contributed by atoms with E-state index in [-0.39, 0.29) is 2.85 Å². The van der Waals surface area contributed by atoms with Crippen LogP contribution in [0.4, 0.5) is 0 Å². The number of para-hydroxylation sites is 1. The molecule has 1 N–H and O–H groups in total. The Labute approximate surface area is 167 Å². The molecule has 0 atom stereocenters. The summed E-state index contributed by atoms with van der Waals surface area (Å²) in [7, 11) is 0. The Morgan fingerprint density at radius 3 is 2.89 bits per heavy atom. The molecule has 0 radical (unpaired) electrons. The Morgan fingerprint density at radius 2 is 2.04 bits per heavy atom. The standard InChI is InChI=1S/C25H22N2O.2H2/c1-3-5-17-8-9-19(12-16(17)2)20-13-22-23(15-27-25(22)26-14-20)21-7-4-6-18-10-11-28-24(18)21;;/h3-9,12-15H,10-11H2,1-2H3,(H,26,27);2*1H/b5-3-;;. The average Bonchev–Trinajstić information content (AvgIpc) is 3.35. The van der Waals surface area contributed by atoms with Crippen molar-refractivity contribution in [1.29, 1.82) is 0 Å². The largest absolute Gasteiger partial charge is 0.492 e. The first-order valence-corrected chi connectivity index (χ1v) is 9.70. The molecule has 0 fully saturated rings. The van der Waals surface area contributed by atoms with E-state index < -0.39 is 0 Å². The topological polar surface area (TPSA) is 37.9 Å². The first-order valence-electron chi connectivity index (χ1n) is 9.70. The van der Waals surface area contributed by atoms with Gasteiger partial charge < -0.3 is 9.72 Å². The molecule has 5 rings (SSSR count). The van der Waals surface area contributed by atoms with Crippen molar-refractivity contribution in [2.75, 3.05) is 6.61 Å². The van der Waals surface area contributed by atoms with Crippen LogP contribution < -0.4 is 4.74 Å². The van der Waals surface area contributed by atoms with Crippen molar-refractivity contribution in [1.82, 2.24) is 9.97 Å². The van der Waals surface area contributed by atoms with E-state index in [1.54, 1.807) is 0 Å². The molecule has 0 amide bonds. The summed E-state index contributed by atoms with van der Waals surface area (Å²) in [6.45, 7) is 4.95. The van der Waals surface area contributed by atoms with Crippen LogP contribution in [-0.4, -0.2) is 16.6 Å². The van der Waals surface area contributed by atoms with Gasteiger partial charge >= 0.3 is 0 Å². The molecule has 0 spiro atoms. The number of aromatic amines is 1. The zero-order valence-electron chi connectivity index (χ0n) is 16.1. The summed E-state index contributed by atoms with van der Waals surface area (Å²) >= 11 is 0. The predicted molar refractivity (Wildman–Crippen MR) is 120 cm³/mol. The number of aromatic nitrogens is 2. The molecule has 3 heteroatoms. The van der Waals surface area contributed by atoms with E-state index in [1.165, 1.54) is 22.3 Å². The van der Waals surface area contributed by atoms with Gasteiger partial charge in [-0.1, -0.05) is 48.6 Å².